The number of hydrogen-bond acceptors (Lipinski definition) is 4. The highest BCUT2D eigenvalue weighted by Gasteiger charge is 2.18. The van der Waals surface area contributed by atoms with Crippen LogP contribution in [-0.2, 0) is 13.1 Å². The van der Waals surface area contributed by atoms with Crippen molar-refractivity contribution >= 4 is 6.08 Å². The Kier molecular flexibility index (Phi) is 3.79. The maximum atomic E-state index is 5.89. The highest BCUT2D eigenvalue weighted by atomic mass is 16.5. The van der Waals surface area contributed by atoms with Crippen molar-refractivity contribution in [1.82, 2.24) is 14.5 Å². The van der Waals surface area contributed by atoms with Gasteiger partial charge >= 0.3 is 0 Å². The quantitative estimate of drug-likeness (QED) is 0.873. The van der Waals surface area contributed by atoms with Gasteiger partial charge in [-0.15, -0.1) is 0 Å². The normalized spacial score (nSPS) is 17.5. The summed E-state index contributed by atoms with van der Waals surface area (Å²) in [5.41, 5.74) is 3.70. The number of methoxy groups -OCH3 is 1. The number of rotatable bonds is 3. The fourth-order valence-electron chi connectivity index (χ4n) is 3.30. The Morgan fingerprint density at radius 1 is 1.30 bits per heavy atom. The SMILES string of the molecule is COc1ccc2c(c1)C=C(CN1CCCn3cncc3C1)CO2. The molecule has 0 saturated heterocycles. The summed E-state index contributed by atoms with van der Waals surface area (Å²) >= 11 is 0. The summed E-state index contributed by atoms with van der Waals surface area (Å²) in [5.74, 6) is 1.80. The topological polar surface area (TPSA) is 39.5 Å². The van der Waals surface area contributed by atoms with Crippen LogP contribution in [0.25, 0.3) is 6.08 Å². The molecule has 2 aliphatic heterocycles. The van der Waals surface area contributed by atoms with E-state index in [0.29, 0.717) is 6.61 Å². The number of fused-ring (bicyclic) bond motifs is 2. The minimum absolute atomic E-state index is 0.662. The minimum Gasteiger partial charge on any atom is -0.497 e. The van der Waals surface area contributed by atoms with Crippen molar-refractivity contribution in [3.8, 4) is 11.5 Å². The van der Waals surface area contributed by atoms with Gasteiger partial charge < -0.3 is 14.0 Å². The van der Waals surface area contributed by atoms with Gasteiger partial charge in [-0.1, -0.05) is 0 Å². The van der Waals surface area contributed by atoms with Crippen LogP contribution in [0.3, 0.4) is 0 Å². The van der Waals surface area contributed by atoms with E-state index in [9.17, 15) is 0 Å². The van der Waals surface area contributed by atoms with Crippen molar-refractivity contribution < 1.29 is 9.47 Å². The first kappa shape index (κ1) is 14.3. The van der Waals surface area contributed by atoms with E-state index in [4.69, 9.17) is 9.47 Å². The van der Waals surface area contributed by atoms with E-state index >= 15 is 0 Å². The lowest BCUT2D eigenvalue weighted by Crippen LogP contribution is -2.28. The lowest BCUT2D eigenvalue weighted by Gasteiger charge is -2.24. The third kappa shape index (κ3) is 2.97. The van der Waals surface area contributed by atoms with Gasteiger partial charge in [0.15, 0.2) is 0 Å². The van der Waals surface area contributed by atoms with Gasteiger partial charge in [0.25, 0.3) is 0 Å². The number of hydrogen-bond donors (Lipinski definition) is 0. The second kappa shape index (κ2) is 6.08. The van der Waals surface area contributed by atoms with Crippen molar-refractivity contribution in [2.45, 2.75) is 19.5 Å². The molecule has 0 bridgehead atoms. The van der Waals surface area contributed by atoms with Gasteiger partial charge in [-0.2, -0.15) is 0 Å². The molecule has 0 unspecified atom stereocenters. The van der Waals surface area contributed by atoms with Crippen LogP contribution < -0.4 is 9.47 Å². The van der Waals surface area contributed by atoms with Crippen molar-refractivity contribution in [2.75, 3.05) is 26.8 Å². The summed E-state index contributed by atoms with van der Waals surface area (Å²) in [5, 5.41) is 0. The van der Waals surface area contributed by atoms with Crippen molar-refractivity contribution in [1.29, 1.82) is 0 Å². The molecule has 5 nitrogen and oxygen atoms in total. The van der Waals surface area contributed by atoms with Crippen molar-refractivity contribution in [3.63, 3.8) is 0 Å². The first-order valence-electron chi connectivity index (χ1n) is 8.03. The lowest BCUT2D eigenvalue weighted by molar-refractivity contribution is 0.269. The molecule has 0 N–H and O–H groups in total. The molecule has 0 amide bonds. The molecule has 1 aromatic heterocycles. The Bertz CT molecular complexity index is 736. The van der Waals surface area contributed by atoms with Crippen LogP contribution in [0.1, 0.15) is 17.7 Å². The fraction of sp³-hybridized carbons (Fsp3) is 0.389. The molecule has 0 spiro atoms. The third-order valence-corrected chi connectivity index (χ3v) is 4.47. The maximum absolute atomic E-state index is 5.89. The molecule has 2 aliphatic rings. The molecule has 120 valence electrons. The highest BCUT2D eigenvalue weighted by Crippen LogP contribution is 2.30. The van der Waals surface area contributed by atoms with E-state index in [1.54, 1.807) is 7.11 Å². The van der Waals surface area contributed by atoms with Gasteiger partial charge in [-0.3, -0.25) is 4.90 Å². The second-order valence-electron chi connectivity index (χ2n) is 6.14. The summed E-state index contributed by atoms with van der Waals surface area (Å²) < 4.78 is 13.5. The molecule has 2 aromatic rings. The van der Waals surface area contributed by atoms with Crippen LogP contribution in [0.2, 0.25) is 0 Å². The van der Waals surface area contributed by atoms with Crippen molar-refractivity contribution in [3.05, 3.63) is 47.6 Å². The Morgan fingerprint density at radius 3 is 3.17 bits per heavy atom. The van der Waals surface area contributed by atoms with Gasteiger partial charge in [0.05, 0.1) is 19.1 Å². The smallest absolute Gasteiger partial charge is 0.127 e. The molecule has 0 radical (unpaired) electrons. The summed E-state index contributed by atoms with van der Waals surface area (Å²) in [6.07, 6.45) is 7.31. The van der Waals surface area contributed by atoms with E-state index < -0.39 is 0 Å². The minimum atomic E-state index is 0.662. The molecule has 5 heteroatoms. The molecule has 0 aliphatic carbocycles. The molecular formula is C18H21N3O2. The number of aromatic nitrogens is 2. The lowest BCUT2D eigenvalue weighted by atomic mass is 10.1. The number of benzene rings is 1. The van der Waals surface area contributed by atoms with Crippen molar-refractivity contribution in [2.24, 2.45) is 0 Å². The molecule has 0 atom stereocenters. The summed E-state index contributed by atoms with van der Waals surface area (Å²) in [6, 6.07) is 5.95. The molecule has 0 fully saturated rings. The van der Waals surface area contributed by atoms with Gasteiger partial charge in [0.1, 0.15) is 18.1 Å². The molecule has 4 rings (SSSR count). The zero-order chi connectivity index (χ0) is 15.6. The fourth-order valence-corrected chi connectivity index (χ4v) is 3.30. The van der Waals surface area contributed by atoms with Gasteiger partial charge in [-0.25, -0.2) is 4.98 Å². The van der Waals surface area contributed by atoms with E-state index in [-0.39, 0.29) is 0 Å². The van der Waals surface area contributed by atoms with Crippen LogP contribution >= 0.6 is 0 Å². The average Bonchev–Trinajstić information content (AvgIpc) is 2.92. The first-order chi connectivity index (χ1) is 11.3. The van der Waals surface area contributed by atoms with Crippen LogP contribution in [0.15, 0.2) is 36.3 Å². The highest BCUT2D eigenvalue weighted by molar-refractivity contribution is 5.64. The van der Waals surface area contributed by atoms with Gasteiger partial charge in [0, 0.05) is 37.9 Å². The molecule has 23 heavy (non-hydrogen) atoms. The van der Waals surface area contributed by atoms with Gasteiger partial charge in [0.2, 0.25) is 0 Å². The van der Waals surface area contributed by atoms with E-state index in [2.05, 4.69) is 20.5 Å². The van der Waals surface area contributed by atoms with E-state index in [0.717, 1.165) is 49.7 Å². The van der Waals surface area contributed by atoms with Crippen LogP contribution in [0.5, 0.6) is 11.5 Å². The number of nitrogens with zero attached hydrogens (tertiary/aromatic N) is 3. The van der Waals surface area contributed by atoms with Gasteiger partial charge in [-0.05, 0) is 36.3 Å². The molecular weight excluding hydrogens is 290 g/mol. The number of aryl methyl sites for hydroxylation is 1. The molecule has 0 saturated carbocycles. The molecule has 3 heterocycles. The first-order valence-corrected chi connectivity index (χ1v) is 8.03. The zero-order valence-electron chi connectivity index (χ0n) is 13.4. The maximum Gasteiger partial charge on any atom is 0.127 e. The predicted octanol–water partition coefficient (Wildman–Crippen LogP) is 2.57. The summed E-state index contributed by atoms with van der Waals surface area (Å²) in [7, 11) is 1.69. The van der Waals surface area contributed by atoms with Crippen LogP contribution in [0, 0.1) is 0 Å². The average molecular weight is 311 g/mol. The van der Waals surface area contributed by atoms with Crippen LogP contribution in [0.4, 0.5) is 0 Å². The standard InChI is InChI=1S/C18H21N3O2/c1-22-17-3-4-18-15(8-17)7-14(12-23-18)10-20-5-2-6-21-13-19-9-16(21)11-20/h3-4,7-9,13H,2,5-6,10-12H2,1H3. The number of ether oxygens (including phenoxy) is 2. The largest absolute Gasteiger partial charge is 0.497 e. The Labute approximate surface area is 136 Å². The van der Waals surface area contributed by atoms with Crippen LogP contribution in [-0.4, -0.2) is 41.3 Å². The predicted molar refractivity (Wildman–Crippen MR) is 88.6 cm³/mol. The van der Waals surface area contributed by atoms with E-state index in [1.807, 2.05) is 30.7 Å². The second-order valence-corrected chi connectivity index (χ2v) is 6.14. The third-order valence-electron chi connectivity index (χ3n) is 4.47. The number of imidazole rings is 1. The summed E-state index contributed by atoms with van der Waals surface area (Å²) in [4.78, 5) is 6.73. The Morgan fingerprint density at radius 2 is 2.26 bits per heavy atom. The van der Waals surface area contributed by atoms with E-state index in [1.165, 1.54) is 11.3 Å². The Hall–Kier alpha value is -2.27. The monoisotopic (exact) mass is 311 g/mol. The molecule has 1 aromatic carbocycles. The Balaban J connectivity index is 1.51. The summed E-state index contributed by atoms with van der Waals surface area (Å²) in [6.45, 7) is 4.70. The zero-order valence-corrected chi connectivity index (χ0v) is 13.4.